The second-order valence-corrected chi connectivity index (χ2v) is 9.15. The maximum atomic E-state index is 13.2. The Balaban J connectivity index is 1.59. The van der Waals surface area contributed by atoms with Crippen LogP contribution in [0.4, 0.5) is 16.2 Å². The van der Waals surface area contributed by atoms with Crippen LogP contribution in [0.3, 0.4) is 0 Å². The van der Waals surface area contributed by atoms with Gasteiger partial charge in [-0.1, -0.05) is 41.4 Å². The monoisotopic (exact) mass is 537 g/mol. The van der Waals surface area contributed by atoms with E-state index in [1.165, 1.54) is 30.3 Å². The van der Waals surface area contributed by atoms with Crippen LogP contribution < -0.4 is 20.3 Å². The maximum Gasteiger partial charge on any atom is 0.335 e. The Labute approximate surface area is 222 Å². The summed E-state index contributed by atoms with van der Waals surface area (Å²) in [6.07, 6.45) is 1.26. The van der Waals surface area contributed by atoms with Crippen molar-refractivity contribution in [2.24, 2.45) is 0 Å². The van der Waals surface area contributed by atoms with E-state index in [0.29, 0.717) is 15.7 Å². The van der Waals surface area contributed by atoms with Gasteiger partial charge in [0.25, 0.3) is 17.7 Å². The lowest BCUT2D eigenvalue weighted by atomic mass is 10.1. The van der Waals surface area contributed by atoms with Gasteiger partial charge in [-0.3, -0.25) is 19.7 Å². The lowest BCUT2D eigenvalue weighted by molar-refractivity contribution is -0.122. The molecule has 3 aromatic carbocycles. The highest BCUT2D eigenvalue weighted by Gasteiger charge is 2.37. The molecule has 2 N–H and O–H groups in total. The Morgan fingerprint density at radius 1 is 1.00 bits per heavy atom. The summed E-state index contributed by atoms with van der Waals surface area (Å²) in [6, 6.07) is 15.4. The fraction of sp³-hybridized carbons (Fsp3) is 0.111. The van der Waals surface area contributed by atoms with E-state index in [1.54, 1.807) is 18.2 Å². The van der Waals surface area contributed by atoms with E-state index in [2.05, 4.69) is 10.6 Å². The van der Waals surface area contributed by atoms with E-state index in [4.69, 9.17) is 27.9 Å². The van der Waals surface area contributed by atoms with Gasteiger partial charge < -0.3 is 10.1 Å². The molecule has 4 rings (SSSR count). The van der Waals surface area contributed by atoms with E-state index in [-0.39, 0.29) is 29.2 Å². The number of halogens is 2. The number of hydrogen-bond donors (Lipinski definition) is 2. The average Bonchev–Trinajstić information content (AvgIpc) is 2.83. The zero-order valence-corrected chi connectivity index (χ0v) is 21.3. The topological polar surface area (TPSA) is 105 Å². The summed E-state index contributed by atoms with van der Waals surface area (Å²) in [5.74, 6) is -1.92. The maximum absolute atomic E-state index is 13.2. The zero-order valence-electron chi connectivity index (χ0n) is 19.8. The van der Waals surface area contributed by atoms with Gasteiger partial charge in [-0.25, -0.2) is 9.69 Å². The lowest BCUT2D eigenvalue weighted by Crippen LogP contribution is -2.54. The minimum absolute atomic E-state index is 0.194. The van der Waals surface area contributed by atoms with E-state index in [0.717, 1.165) is 16.0 Å². The number of carbonyl (C=O) groups excluding carboxylic acids is 4. The number of amides is 5. The number of carbonyl (C=O) groups is 4. The van der Waals surface area contributed by atoms with Crippen LogP contribution in [-0.2, 0) is 14.4 Å². The Morgan fingerprint density at radius 2 is 1.76 bits per heavy atom. The molecule has 0 spiro atoms. The van der Waals surface area contributed by atoms with Gasteiger partial charge >= 0.3 is 6.03 Å². The van der Waals surface area contributed by atoms with E-state index >= 15 is 0 Å². The number of urea groups is 1. The van der Waals surface area contributed by atoms with Crippen molar-refractivity contribution < 1.29 is 23.9 Å². The predicted molar refractivity (Wildman–Crippen MR) is 142 cm³/mol. The molecule has 8 nitrogen and oxygen atoms in total. The molecule has 0 bridgehead atoms. The molecule has 37 heavy (non-hydrogen) atoms. The molecular weight excluding hydrogens is 517 g/mol. The summed E-state index contributed by atoms with van der Waals surface area (Å²) < 4.78 is 5.70. The van der Waals surface area contributed by atoms with Crippen LogP contribution in [0.2, 0.25) is 10.0 Å². The number of rotatable bonds is 6. The highest BCUT2D eigenvalue weighted by Crippen LogP contribution is 2.29. The number of aryl methyl sites for hydroxylation is 2. The number of benzene rings is 3. The molecule has 5 amide bonds. The van der Waals surface area contributed by atoms with Crippen molar-refractivity contribution in [3.63, 3.8) is 0 Å². The number of anilines is 2. The summed E-state index contributed by atoms with van der Waals surface area (Å²) >= 11 is 12.2. The molecule has 1 saturated heterocycles. The standard InChI is InChI=1S/C27H21Cl2N3O5/c1-15-6-7-16(2)22(10-15)30-24(33)14-37-23-9-8-19(29)11-17(23)12-21-25(34)31-27(36)32(26(21)35)20-5-3-4-18(28)13-20/h3-13H,14H2,1-2H3,(H,30,33)(H,31,34,36)/b21-12+. The molecule has 188 valence electrons. The quantitative estimate of drug-likeness (QED) is 0.328. The summed E-state index contributed by atoms with van der Waals surface area (Å²) in [5.41, 5.74) is 2.70. The molecular formula is C27H21Cl2N3O5. The van der Waals surface area contributed by atoms with Crippen molar-refractivity contribution in [1.82, 2.24) is 5.32 Å². The molecule has 1 aliphatic heterocycles. The van der Waals surface area contributed by atoms with Gasteiger partial charge in [-0.2, -0.15) is 0 Å². The van der Waals surface area contributed by atoms with Gasteiger partial charge in [0, 0.05) is 21.3 Å². The van der Waals surface area contributed by atoms with Crippen LogP contribution in [0, 0.1) is 13.8 Å². The van der Waals surface area contributed by atoms with Crippen molar-refractivity contribution in [3.05, 3.63) is 93.0 Å². The van der Waals surface area contributed by atoms with Crippen LogP contribution in [0.5, 0.6) is 5.75 Å². The zero-order chi connectivity index (χ0) is 26.7. The van der Waals surface area contributed by atoms with Crippen LogP contribution in [-0.4, -0.2) is 30.4 Å². The average molecular weight is 538 g/mol. The highest BCUT2D eigenvalue weighted by atomic mass is 35.5. The largest absolute Gasteiger partial charge is 0.483 e. The Bertz CT molecular complexity index is 1470. The Hall–Kier alpha value is -4.14. The molecule has 10 heteroatoms. The fourth-order valence-corrected chi connectivity index (χ4v) is 3.99. The predicted octanol–water partition coefficient (Wildman–Crippen LogP) is 5.29. The second kappa shape index (κ2) is 10.9. The molecule has 1 aliphatic rings. The third kappa shape index (κ3) is 5.99. The first-order valence-corrected chi connectivity index (χ1v) is 11.8. The molecule has 1 heterocycles. The van der Waals surface area contributed by atoms with Crippen LogP contribution in [0.1, 0.15) is 16.7 Å². The van der Waals surface area contributed by atoms with E-state index in [1.807, 2.05) is 32.0 Å². The summed E-state index contributed by atoms with van der Waals surface area (Å²) in [5, 5.41) is 5.57. The van der Waals surface area contributed by atoms with E-state index < -0.39 is 23.8 Å². The number of imide groups is 2. The number of hydrogen-bond acceptors (Lipinski definition) is 5. The first-order valence-electron chi connectivity index (χ1n) is 11.1. The number of nitrogens with zero attached hydrogens (tertiary/aromatic N) is 1. The summed E-state index contributed by atoms with van der Waals surface area (Å²) in [6.45, 7) is 3.46. The molecule has 0 saturated carbocycles. The smallest absolute Gasteiger partial charge is 0.335 e. The molecule has 0 radical (unpaired) electrons. The first-order chi connectivity index (χ1) is 17.6. The van der Waals surface area contributed by atoms with Gasteiger partial charge in [0.05, 0.1) is 5.69 Å². The van der Waals surface area contributed by atoms with Crippen molar-refractivity contribution in [1.29, 1.82) is 0 Å². The number of ether oxygens (including phenoxy) is 1. The minimum Gasteiger partial charge on any atom is -0.483 e. The molecule has 0 unspecified atom stereocenters. The van der Waals surface area contributed by atoms with Crippen molar-refractivity contribution in [2.75, 3.05) is 16.8 Å². The van der Waals surface area contributed by atoms with Crippen LogP contribution >= 0.6 is 23.2 Å². The van der Waals surface area contributed by atoms with Crippen molar-refractivity contribution >= 4 is 64.4 Å². The summed E-state index contributed by atoms with van der Waals surface area (Å²) in [4.78, 5) is 51.5. The molecule has 1 fully saturated rings. The molecule has 3 aromatic rings. The molecule has 0 atom stereocenters. The number of barbiturate groups is 1. The SMILES string of the molecule is Cc1ccc(C)c(NC(=O)COc2ccc(Cl)cc2/C=C2\C(=O)NC(=O)N(c3cccc(Cl)c3)C2=O)c1. The Kier molecular flexibility index (Phi) is 7.61. The van der Waals surface area contributed by atoms with Gasteiger partial charge in [-0.05, 0) is 73.5 Å². The number of nitrogens with one attached hydrogen (secondary N) is 2. The van der Waals surface area contributed by atoms with Gasteiger partial charge in [0.15, 0.2) is 6.61 Å². The van der Waals surface area contributed by atoms with E-state index in [9.17, 15) is 19.2 Å². The first kappa shape index (κ1) is 25.9. The van der Waals surface area contributed by atoms with Crippen LogP contribution in [0.15, 0.2) is 66.2 Å². The third-order valence-corrected chi connectivity index (χ3v) is 5.94. The van der Waals surface area contributed by atoms with Crippen LogP contribution in [0.25, 0.3) is 6.08 Å². The lowest BCUT2D eigenvalue weighted by Gasteiger charge is -2.26. The van der Waals surface area contributed by atoms with Crippen molar-refractivity contribution in [3.8, 4) is 5.75 Å². The normalized spacial score (nSPS) is 14.5. The second-order valence-electron chi connectivity index (χ2n) is 8.28. The van der Waals surface area contributed by atoms with Gasteiger partial charge in [0.1, 0.15) is 11.3 Å². The van der Waals surface area contributed by atoms with Crippen molar-refractivity contribution in [2.45, 2.75) is 13.8 Å². The minimum atomic E-state index is -0.903. The molecule has 0 aromatic heterocycles. The fourth-order valence-electron chi connectivity index (χ4n) is 3.63. The molecule has 0 aliphatic carbocycles. The third-order valence-electron chi connectivity index (χ3n) is 5.47. The highest BCUT2D eigenvalue weighted by molar-refractivity contribution is 6.39. The summed E-state index contributed by atoms with van der Waals surface area (Å²) in [7, 11) is 0. The van der Waals surface area contributed by atoms with Gasteiger partial charge in [-0.15, -0.1) is 0 Å². The van der Waals surface area contributed by atoms with Gasteiger partial charge in [0.2, 0.25) is 0 Å². The Morgan fingerprint density at radius 3 is 2.51 bits per heavy atom.